The van der Waals surface area contributed by atoms with E-state index in [4.69, 9.17) is 4.98 Å². The Morgan fingerprint density at radius 3 is 2.69 bits per heavy atom. The molecule has 2 aliphatic heterocycles. The number of nitro benzene ring substituents is 1. The number of pyridine rings is 1. The quantitative estimate of drug-likeness (QED) is 0.620. The largest absolute Gasteiger partial charge is 0.355 e. The molecule has 0 aliphatic carbocycles. The Morgan fingerprint density at radius 1 is 1.15 bits per heavy atom. The smallest absolute Gasteiger partial charge is 0.270 e. The minimum absolute atomic E-state index is 0.111. The van der Waals surface area contributed by atoms with Gasteiger partial charge >= 0.3 is 0 Å². The molecule has 0 radical (unpaired) electrons. The fourth-order valence-corrected chi connectivity index (χ4v) is 4.08. The summed E-state index contributed by atoms with van der Waals surface area (Å²) in [5.41, 5.74) is 0.924. The van der Waals surface area contributed by atoms with Crippen molar-refractivity contribution in [2.45, 2.75) is 19.4 Å². The Morgan fingerprint density at radius 2 is 1.96 bits per heavy atom. The number of nitrogens with zero attached hydrogens (tertiary/aromatic N) is 5. The van der Waals surface area contributed by atoms with Gasteiger partial charge in [-0.05, 0) is 31.2 Å². The van der Waals surface area contributed by atoms with Crippen molar-refractivity contribution < 1.29 is 4.92 Å². The molecule has 138 valence electrons. The van der Waals surface area contributed by atoms with Crippen LogP contribution in [0.4, 0.5) is 11.5 Å². The second kappa shape index (κ2) is 7.17. The maximum Gasteiger partial charge on any atom is 0.270 e. The van der Waals surface area contributed by atoms with Crippen LogP contribution in [-0.2, 0) is 0 Å². The number of piperazine rings is 1. The number of fused-ring (bicyclic) bond motifs is 1. The predicted octanol–water partition coefficient (Wildman–Crippen LogP) is 2.36. The van der Waals surface area contributed by atoms with Crippen molar-refractivity contribution in [2.24, 2.45) is 0 Å². The van der Waals surface area contributed by atoms with Crippen LogP contribution in [0, 0.1) is 10.1 Å². The van der Waals surface area contributed by atoms with Gasteiger partial charge in [-0.25, -0.2) is 4.98 Å². The second-order valence-corrected chi connectivity index (χ2v) is 7.16. The molecule has 7 nitrogen and oxygen atoms in total. The Labute approximate surface area is 153 Å². The van der Waals surface area contributed by atoms with Gasteiger partial charge in [0.1, 0.15) is 5.82 Å². The molecule has 1 aromatic heterocycles. The van der Waals surface area contributed by atoms with Gasteiger partial charge in [-0.3, -0.25) is 15.0 Å². The minimum Gasteiger partial charge on any atom is -0.355 e. The van der Waals surface area contributed by atoms with Gasteiger partial charge in [-0.2, -0.15) is 0 Å². The monoisotopic (exact) mass is 355 g/mol. The molecule has 1 aromatic carbocycles. The van der Waals surface area contributed by atoms with Crippen LogP contribution in [0.15, 0.2) is 30.3 Å². The van der Waals surface area contributed by atoms with E-state index in [0.717, 1.165) is 49.4 Å². The Hall–Kier alpha value is -2.25. The van der Waals surface area contributed by atoms with Gasteiger partial charge in [-0.1, -0.05) is 6.92 Å². The first kappa shape index (κ1) is 17.2. The lowest BCUT2D eigenvalue weighted by molar-refractivity contribution is -0.384. The van der Waals surface area contributed by atoms with Crippen LogP contribution < -0.4 is 4.90 Å². The number of aromatic nitrogens is 1. The summed E-state index contributed by atoms with van der Waals surface area (Å²) >= 11 is 0. The van der Waals surface area contributed by atoms with Crippen molar-refractivity contribution in [1.29, 1.82) is 0 Å². The average Bonchev–Trinajstić information content (AvgIpc) is 3.17. The predicted molar refractivity (Wildman–Crippen MR) is 103 cm³/mol. The highest BCUT2D eigenvalue weighted by atomic mass is 16.6. The maximum atomic E-state index is 10.9. The zero-order chi connectivity index (χ0) is 18.1. The molecule has 0 amide bonds. The van der Waals surface area contributed by atoms with E-state index in [0.29, 0.717) is 6.04 Å². The number of nitro groups is 1. The van der Waals surface area contributed by atoms with Crippen LogP contribution in [0.5, 0.6) is 0 Å². The lowest BCUT2D eigenvalue weighted by Crippen LogP contribution is -2.50. The Kier molecular flexibility index (Phi) is 4.74. The molecule has 2 saturated heterocycles. The van der Waals surface area contributed by atoms with Crippen molar-refractivity contribution in [2.75, 3.05) is 50.7 Å². The Bertz CT molecular complexity index is 804. The lowest BCUT2D eigenvalue weighted by atomic mass is 10.2. The number of hydrogen-bond donors (Lipinski definition) is 0. The second-order valence-electron chi connectivity index (χ2n) is 7.16. The van der Waals surface area contributed by atoms with Crippen molar-refractivity contribution in [3.8, 4) is 0 Å². The summed E-state index contributed by atoms with van der Waals surface area (Å²) in [6.07, 6.45) is 1.17. The molecule has 2 fully saturated rings. The molecule has 2 aliphatic rings. The van der Waals surface area contributed by atoms with Gasteiger partial charge < -0.3 is 9.80 Å². The molecule has 3 heterocycles. The topological polar surface area (TPSA) is 65.8 Å². The molecule has 0 spiro atoms. The maximum absolute atomic E-state index is 10.9. The standard InChI is InChI=1S/C19H25N5O2/c1-2-21-9-11-22(12-10-21)17-7-8-23(14-17)19-6-3-15-13-16(24(25)26)4-5-18(15)20-19/h3-6,13,17H,2,7-12,14H2,1H3. The highest BCUT2D eigenvalue weighted by Gasteiger charge is 2.30. The number of non-ortho nitro benzene ring substituents is 1. The van der Waals surface area contributed by atoms with Crippen LogP contribution in [0.3, 0.4) is 0 Å². The van der Waals surface area contributed by atoms with Gasteiger partial charge in [0, 0.05) is 62.8 Å². The highest BCUT2D eigenvalue weighted by molar-refractivity contribution is 5.82. The van der Waals surface area contributed by atoms with Crippen LogP contribution in [0.1, 0.15) is 13.3 Å². The molecule has 0 N–H and O–H groups in total. The van der Waals surface area contributed by atoms with Crippen molar-refractivity contribution in [3.63, 3.8) is 0 Å². The summed E-state index contributed by atoms with van der Waals surface area (Å²) in [7, 11) is 0. The molecule has 4 rings (SSSR count). The normalized spacial score (nSPS) is 22.2. The first-order valence-corrected chi connectivity index (χ1v) is 9.40. The summed E-state index contributed by atoms with van der Waals surface area (Å²) in [6, 6.07) is 9.39. The number of likely N-dealkylation sites (N-methyl/N-ethyl adjacent to an activating group) is 1. The third-order valence-corrected chi connectivity index (χ3v) is 5.73. The first-order valence-electron chi connectivity index (χ1n) is 9.40. The Balaban J connectivity index is 1.45. The van der Waals surface area contributed by atoms with Crippen molar-refractivity contribution >= 4 is 22.4 Å². The lowest BCUT2D eigenvalue weighted by Gasteiger charge is -2.37. The van der Waals surface area contributed by atoms with Gasteiger partial charge in [0.2, 0.25) is 0 Å². The van der Waals surface area contributed by atoms with E-state index in [1.54, 1.807) is 12.1 Å². The van der Waals surface area contributed by atoms with Crippen LogP contribution in [-0.4, -0.2) is 71.6 Å². The molecule has 0 bridgehead atoms. The number of hydrogen-bond acceptors (Lipinski definition) is 6. The molecule has 0 saturated carbocycles. The van der Waals surface area contributed by atoms with E-state index >= 15 is 0 Å². The van der Waals surface area contributed by atoms with E-state index in [-0.39, 0.29) is 10.6 Å². The van der Waals surface area contributed by atoms with Gasteiger partial charge in [0.25, 0.3) is 5.69 Å². The van der Waals surface area contributed by atoms with Gasteiger partial charge in [-0.15, -0.1) is 0 Å². The highest BCUT2D eigenvalue weighted by Crippen LogP contribution is 2.26. The van der Waals surface area contributed by atoms with Crippen molar-refractivity contribution in [1.82, 2.24) is 14.8 Å². The summed E-state index contributed by atoms with van der Waals surface area (Å²) in [5.74, 6) is 0.973. The van der Waals surface area contributed by atoms with Gasteiger partial charge in [0.05, 0.1) is 10.4 Å². The van der Waals surface area contributed by atoms with E-state index in [1.165, 1.54) is 25.6 Å². The van der Waals surface area contributed by atoms with E-state index < -0.39 is 0 Å². The zero-order valence-corrected chi connectivity index (χ0v) is 15.2. The number of rotatable bonds is 4. The SMILES string of the molecule is CCN1CCN(C2CCN(c3ccc4cc([N+](=O)[O-])ccc4n3)C2)CC1. The van der Waals surface area contributed by atoms with E-state index in [2.05, 4.69) is 21.6 Å². The summed E-state index contributed by atoms with van der Waals surface area (Å²) in [4.78, 5) is 22.8. The molecule has 7 heteroatoms. The van der Waals surface area contributed by atoms with E-state index in [9.17, 15) is 10.1 Å². The van der Waals surface area contributed by atoms with Crippen LogP contribution in [0.25, 0.3) is 10.9 Å². The average molecular weight is 355 g/mol. The summed E-state index contributed by atoms with van der Waals surface area (Å²) in [6.45, 7) is 10.0. The fraction of sp³-hybridized carbons (Fsp3) is 0.526. The summed E-state index contributed by atoms with van der Waals surface area (Å²) < 4.78 is 0. The molecule has 1 unspecified atom stereocenters. The molecular formula is C19H25N5O2. The fourth-order valence-electron chi connectivity index (χ4n) is 4.08. The van der Waals surface area contributed by atoms with E-state index in [1.807, 2.05) is 12.1 Å². The zero-order valence-electron chi connectivity index (χ0n) is 15.2. The van der Waals surface area contributed by atoms with Crippen molar-refractivity contribution in [3.05, 3.63) is 40.4 Å². The third-order valence-electron chi connectivity index (χ3n) is 5.73. The molecule has 26 heavy (non-hydrogen) atoms. The van der Waals surface area contributed by atoms with Crippen LogP contribution >= 0.6 is 0 Å². The van der Waals surface area contributed by atoms with Crippen LogP contribution in [0.2, 0.25) is 0 Å². The number of benzene rings is 1. The van der Waals surface area contributed by atoms with Gasteiger partial charge in [0.15, 0.2) is 0 Å². The third kappa shape index (κ3) is 3.37. The number of anilines is 1. The first-order chi connectivity index (χ1) is 12.6. The molecule has 2 aromatic rings. The molecule has 1 atom stereocenters. The molecular weight excluding hydrogens is 330 g/mol. The summed E-state index contributed by atoms with van der Waals surface area (Å²) in [5, 5.41) is 11.7. The minimum atomic E-state index is -0.364.